The molecule has 0 radical (unpaired) electrons. The van der Waals surface area contributed by atoms with Crippen LogP contribution in [0, 0.1) is 0 Å². The fourth-order valence-corrected chi connectivity index (χ4v) is 3.09. The second-order valence-corrected chi connectivity index (χ2v) is 8.49. The van der Waals surface area contributed by atoms with Crippen molar-refractivity contribution < 1.29 is 44.1 Å². The van der Waals surface area contributed by atoms with Crippen LogP contribution in [0.2, 0.25) is 0 Å². The van der Waals surface area contributed by atoms with Gasteiger partial charge in [-0.05, 0) is 38.2 Å². The highest BCUT2D eigenvalue weighted by atomic mass is 32.2. The summed E-state index contributed by atoms with van der Waals surface area (Å²) in [5, 5.41) is 34.6. The number of hydrogen-bond acceptors (Lipinski definition) is 9. The van der Waals surface area contributed by atoms with Gasteiger partial charge in [0.1, 0.15) is 24.2 Å². The Kier molecular flexibility index (Phi) is 14.5. The Morgan fingerprint density at radius 3 is 1.71 bits per heavy atom. The van der Waals surface area contributed by atoms with Gasteiger partial charge in [-0.2, -0.15) is 11.8 Å². The monoisotopic (exact) mass is 507 g/mol. The molecule has 0 saturated heterocycles. The number of carbonyl (C=O) groups excluding carboxylic acids is 4. The van der Waals surface area contributed by atoms with Gasteiger partial charge >= 0.3 is 11.9 Å². The van der Waals surface area contributed by atoms with Crippen molar-refractivity contribution in [1.29, 1.82) is 0 Å². The summed E-state index contributed by atoms with van der Waals surface area (Å²) in [6.07, 6.45) is -0.875. The molecule has 0 aromatic carbocycles. The van der Waals surface area contributed by atoms with Crippen LogP contribution in [0.1, 0.15) is 39.0 Å². The maximum absolute atomic E-state index is 12.8. The van der Waals surface area contributed by atoms with Crippen molar-refractivity contribution in [3.05, 3.63) is 0 Å². The van der Waals surface area contributed by atoms with Crippen LogP contribution >= 0.6 is 11.8 Å². The van der Waals surface area contributed by atoms with Crippen LogP contribution in [0.25, 0.3) is 0 Å². The number of nitrogens with two attached hydrogens (primary N) is 2. The van der Waals surface area contributed by atoms with Gasteiger partial charge in [-0.25, -0.2) is 4.79 Å². The third-order valence-corrected chi connectivity index (χ3v) is 5.28. The fourth-order valence-electron chi connectivity index (χ4n) is 2.62. The van der Waals surface area contributed by atoms with E-state index in [0.717, 1.165) is 0 Å². The Morgan fingerprint density at radius 1 is 0.824 bits per heavy atom. The van der Waals surface area contributed by atoms with Gasteiger partial charge < -0.3 is 42.7 Å². The summed E-state index contributed by atoms with van der Waals surface area (Å²) >= 11 is 1.36. The highest BCUT2D eigenvalue weighted by molar-refractivity contribution is 7.98. The van der Waals surface area contributed by atoms with Gasteiger partial charge in [0.25, 0.3) is 0 Å². The normalized spacial score (nSPS) is 15.2. The highest BCUT2D eigenvalue weighted by Gasteiger charge is 2.31. The molecule has 0 rings (SSSR count). The molecular formula is C19H33N5O9S. The number of rotatable bonds is 17. The van der Waals surface area contributed by atoms with Crippen LogP contribution < -0.4 is 27.4 Å². The molecule has 10 N–H and O–H groups in total. The standard InChI is InChI=1S/C19H33N5O9S/c1-9(25)15(21)18(31)23-10(3-5-13(20)26)16(29)22-11(4-6-14(27)28)17(30)24-12(19(32)33)7-8-34-2/h9-12,15,25H,3-8,21H2,1-2H3,(H2,20,26)(H,22,29)(H,23,31)(H,24,30)(H,27,28)(H,32,33). The predicted molar refractivity (Wildman–Crippen MR) is 121 cm³/mol. The van der Waals surface area contributed by atoms with Gasteiger partial charge in [-0.15, -0.1) is 0 Å². The average molecular weight is 508 g/mol. The summed E-state index contributed by atoms with van der Waals surface area (Å²) < 4.78 is 0. The molecule has 0 spiro atoms. The van der Waals surface area contributed by atoms with E-state index in [1.807, 2.05) is 0 Å². The molecule has 15 heteroatoms. The largest absolute Gasteiger partial charge is 0.481 e. The third kappa shape index (κ3) is 12.4. The summed E-state index contributed by atoms with van der Waals surface area (Å²) in [6, 6.07) is -5.49. The quantitative estimate of drug-likeness (QED) is 0.0992. The lowest BCUT2D eigenvalue weighted by Gasteiger charge is -2.25. The summed E-state index contributed by atoms with van der Waals surface area (Å²) in [4.78, 5) is 71.2. The second kappa shape index (κ2) is 15.8. The summed E-state index contributed by atoms with van der Waals surface area (Å²) in [5.41, 5.74) is 10.6. The number of aliphatic carboxylic acids is 2. The Labute approximate surface area is 200 Å². The Balaban J connectivity index is 5.60. The molecule has 0 aromatic rings. The number of aliphatic hydroxyl groups is 1. The Bertz CT molecular complexity index is 750. The lowest BCUT2D eigenvalue weighted by atomic mass is 10.1. The smallest absolute Gasteiger partial charge is 0.326 e. The molecule has 0 bridgehead atoms. The zero-order valence-electron chi connectivity index (χ0n) is 19.0. The van der Waals surface area contributed by atoms with Crippen LogP contribution in [0.4, 0.5) is 0 Å². The minimum Gasteiger partial charge on any atom is -0.481 e. The number of thioether (sulfide) groups is 1. The average Bonchev–Trinajstić information content (AvgIpc) is 2.74. The molecule has 0 saturated carbocycles. The second-order valence-electron chi connectivity index (χ2n) is 7.51. The molecular weight excluding hydrogens is 474 g/mol. The zero-order chi connectivity index (χ0) is 26.4. The topological polar surface area (TPSA) is 251 Å². The number of amides is 4. The Morgan fingerprint density at radius 2 is 1.29 bits per heavy atom. The molecule has 194 valence electrons. The molecule has 0 fully saturated rings. The van der Waals surface area contributed by atoms with Crippen LogP contribution in [-0.2, 0) is 28.8 Å². The maximum atomic E-state index is 12.8. The number of carboxylic acid groups (broad SMARTS) is 2. The van der Waals surface area contributed by atoms with Gasteiger partial charge in [0.15, 0.2) is 0 Å². The van der Waals surface area contributed by atoms with Crippen molar-refractivity contribution in [1.82, 2.24) is 16.0 Å². The van der Waals surface area contributed by atoms with Gasteiger partial charge in [-0.1, -0.05) is 0 Å². The first-order chi connectivity index (χ1) is 15.8. The summed E-state index contributed by atoms with van der Waals surface area (Å²) in [7, 11) is 0. The van der Waals surface area contributed by atoms with E-state index in [-0.39, 0.29) is 25.7 Å². The lowest BCUT2D eigenvalue weighted by molar-refractivity contribution is -0.143. The number of nitrogens with one attached hydrogen (secondary N) is 3. The fraction of sp³-hybridized carbons (Fsp3) is 0.684. The SMILES string of the molecule is CSCCC(NC(=O)C(CCC(=O)O)NC(=O)C(CCC(N)=O)NC(=O)C(N)C(C)O)C(=O)O. The maximum Gasteiger partial charge on any atom is 0.326 e. The first kappa shape index (κ1) is 31.1. The van der Waals surface area contributed by atoms with E-state index < -0.39 is 72.3 Å². The molecule has 0 aromatic heterocycles. The molecule has 5 unspecified atom stereocenters. The number of carbonyl (C=O) groups is 6. The number of primary amides is 1. The van der Waals surface area contributed by atoms with Crippen molar-refractivity contribution in [3.8, 4) is 0 Å². The molecule has 5 atom stereocenters. The van der Waals surface area contributed by atoms with Gasteiger partial charge in [0.2, 0.25) is 23.6 Å². The molecule has 0 heterocycles. The highest BCUT2D eigenvalue weighted by Crippen LogP contribution is 2.06. The molecule has 14 nitrogen and oxygen atoms in total. The minimum absolute atomic E-state index is 0.0936. The number of carboxylic acids is 2. The molecule has 4 amide bonds. The minimum atomic E-state index is -1.45. The molecule has 0 aliphatic carbocycles. The summed E-state index contributed by atoms with van der Waals surface area (Å²) in [5.74, 6) is -5.69. The zero-order valence-corrected chi connectivity index (χ0v) is 19.8. The lowest BCUT2D eigenvalue weighted by Crippen LogP contribution is -2.58. The molecule has 0 aliphatic heterocycles. The van der Waals surface area contributed by atoms with E-state index in [4.69, 9.17) is 16.6 Å². The van der Waals surface area contributed by atoms with E-state index >= 15 is 0 Å². The van der Waals surface area contributed by atoms with E-state index in [9.17, 15) is 39.0 Å². The van der Waals surface area contributed by atoms with E-state index in [1.54, 1.807) is 6.26 Å². The summed E-state index contributed by atoms with van der Waals surface area (Å²) in [6.45, 7) is 1.25. The third-order valence-electron chi connectivity index (χ3n) is 4.64. The number of hydrogen-bond donors (Lipinski definition) is 8. The van der Waals surface area contributed by atoms with Crippen LogP contribution in [-0.4, -0.2) is 93.2 Å². The first-order valence-electron chi connectivity index (χ1n) is 10.4. The van der Waals surface area contributed by atoms with Crippen molar-refractivity contribution in [2.24, 2.45) is 11.5 Å². The molecule has 34 heavy (non-hydrogen) atoms. The van der Waals surface area contributed by atoms with Crippen molar-refractivity contribution in [3.63, 3.8) is 0 Å². The van der Waals surface area contributed by atoms with E-state index in [0.29, 0.717) is 5.75 Å². The molecule has 0 aliphatic rings. The van der Waals surface area contributed by atoms with Gasteiger partial charge in [0, 0.05) is 12.8 Å². The first-order valence-corrected chi connectivity index (χ1v) is 11.8. The number of aliphatic hydroxyl groups excluding tert-OH is 1. The Hall–Kier alpha value is -2.91. The van der Waals surface area contributed by atoms with Crippen molar-refractivity contribution in [2.75, 3.05) is 12.0 Å². The van der Waals surface area contributed by atoms with E-state index in [1.165, 1.54) is 18.7 Å². The van der Waals surface area contributed by atoms with Crippen LogP contribution in [0.15, 0.2) is 0 Å². The van der Waals surface area contributed by atoms with E-state index in [2.05, 4.69) is 16.0 Å². The van der Waals surface area contributed by atoms with Crippen LogP contribution in [0.5, 0.6) is 0 Å². The van der Waals surface area contributed by atoms with Crippen molar-refractivity contribution in [2.45, 2.75) is 69.3 Å². The van der Waals surface area contributed by atoms with Crippen LogP contribution in [0.3, 0.4) is 0 Å². The van der Waals surface area contributed by atoms with Gasteiger partial charge in [-0.3, -0.25) is 24.0 Å². The predicted octanol–water partition coefficient (Wildman–Crippen LogP) is -2.88. The van der Waals surface area contributed by atoms with Crippen molar-refractivity contribution >= 4 is 47.3 Å². The van der Waals surface area contributed by atoms with Gasteiger partial charge in [0.05, 0.1) is 6.10 Å².